The van der Waals surface area contributed by atoms with Crippen molar-refractivity contribution < 1.29 is 28.8 Å². The summed E-state index contributed by atoms with van der Waals surface area (Å²) < 4.78 is 24.0. The summed E-state index contributed by atoms with van der Waals surface area (Å²) in [6, 6.07) is 32.2. The quantitative estimate of drug-likeness (QED) is 0.153. The van der Waals surface area contributed by atoms with Gasteiger partial charge in [-0.1, -0.05) is 48.9 Å². The molecule has 1 aliphatic rings. The first kappa shape index (κ1) is 30.0. The highest BCUT2D eigenvalue weighted by Gasteiger charge is 2.18. The minimum Gasteiger partial charge on any atom is -0.497 e. The summed E-state index contributed by atoms with van der Waals surface area (Å²) in [6.45, 7) is 4.13. The second-order valence-corrected chi connectivity index (χ2v) is 11.1. The Balaban J connectivity index is 1.27. The summed E-state index contributed by atoms with van der Waals surface area (Å²) in [5.41, 5.74) is 2.49. The molecule has 0 aliphatic carbocycles. The van der Waals surface area contributed by atoms with Crippen molar-refractivity contribution in [1.29, 1.82) is 0 Å². The molecular weight excluding hydrogens is 566 g/mol. The zero-order valence-electron chi connectivity index (χ0n) is 25.4. The highest BCUT2D eigenvalue weighted by atomic mass is 16.5. The summed E-state index contributed by atoms with van der Waals surface area (Å²) in [5, 5.41) is 11.9. The van der Waals surface area contributed by atoms with Gasteiger partial charge in [-0.2, -0.15) is 0 Å². The van der Waals surface area contributed by atoms with Gasteiger partial charge in [0.15, 0.2) is 0 Å². The van der Waals surface area contributed by atoms with E-state index < -0.39 is 5.97 Å². The van der Waals surface area contributed by atoms with Crippen molar-refractivity contribution in [2.75, 3.05) is 33.4 Å². The number of methoxy groups -OCH3 is 1. The third-order valence-corrected chi connectivity index (χ3v) is 8.10. The maximum Gasteiger partial charge on any atom is 0.339 e. The standard InChI is InChI=1S/C38H37NO6/c1-42-32-16-18-34-28(24-32)10-17-33(29-11-19-36(35(25-29)38(40)41)44-26-27-8-4-2-5-9-27)37(34)45-31-14-12-30(13-15-31)43-23-22-39-20-6-3-7-21-39/h2,4-5,8-19,24-25H,3,6-7,20-23,26H2,1H3,(H,40,41). The van der Waals surface area contributed by atoms with Gasteiger partial charge < -0.3 is 24.1 Å². The number of benzene rings is 5. The van der Waals surface area contributed by atoms with Gasteiger partial charge in [0.25, 0.3) is 0 Å². The number of nitrogens with zero attached hydrogens (tertiary/aromatic N) is 1. The van der Waals surface area contributed by atoms with E-state index in [1.54, 1.807) is 19.2 Å². The van der Waals surface area contributed by atoms with Crippen LogP contribution in [0.4, 0.5) is 0 Å². The molecule has 7 heteroatoms. The molecular formula is C38H37NO6. The van der Waals surface area contributed by atoms with Gasteiger partial charge in [0, 0.05) is 17.5 Å². The number of likely N-dealkylation sites (tertiary alicyclic amines) is 1. The van der Waals surface area contributed by atoms with Gasteiger partial charge in [-0.05, 0) is 103 Å². The van der Waals surface area contributed by atoms with Crippen LogP contribution in [0.15, 0.2) is 103 Å². The Morgan fingerprint density at radius 1 is 0.778 bits per heavy atom. The minimum absolute atomic E-state index is 0.0789. The monoisotopic (exact) mass is 603 g/mol. The zero-order valence-corrected chi connectivity index (χ0v) is 25.4. The molecule has 0 aromatic heterocycles. The molecule has 1 saturated heterocycles. The molecule has 0 radical (unpaired) electrons. The summed E-state index contributed by atoms with van der Waals surface area (Å²) >= 11 is 0. The largest absolute Gasteiger partial charge is 0.497 e. The van der Waals surface area contributed by atoms with E-state index in [1.165, 1.54) is 19.3 Å². The number of hydrogen-bond donors (Lipinski definition) is 1. The van der Waals surface area contributed by atoms with Crippen molar-refractivity contribution in [3.05, 3.63) is 114 Å². The van der Waals surface area contributed by atoms with Gasteiger partial charge in [0.05, 0.1) is 7.11 Å². The van der Waals surface area contributed by atoms with Crippen LogP contribution >= 0.6 is 0 Å². The van der Waals surface area contributed by atoms with E-state index >= 15 is 0 Å². The van der Waals surface area contributed by atoms with Crippen LogP contribution < -0.4 is 18.9 Å². The lowest BCUT2D eigenvalue weighted by Gasteiger charge is -2.26. The SMILES string of the molecule is COc1ccc2c(Oc3ccc(OCCN4CCCCC4)cc3)c(-c3ccc(OCc4ccccc4)c(C(=O)O)c3)ccc2c1. The lowest BCUT2D eigenvalue weighted by Crippen LogP contribution is -2.33. The predicted octanol–water partition coefficient (Wildman–Crippen LogP) is 8.45. The number of carbonyl (C=O) groups is 1. The van der Waals surface area contributed by atoms with E-state index in [4.69, 9.17) is 18.9 Å². The van der Waals surface area contributed by atoms with E-state index in [1.807, 2.05) is 91.0 Å². The van der Waals surface area contributed by atoms with Crippen LogP contribution in [0.5, 0.6) is 28.7 Å². The fourth-order valence-corrected chi connectivity index (χ4v) is 5.67. The highest BCUT2D eigenvalue weighted by molar-refractivity contribution is 5.98. The fourth-order valence-electron chi connectivity index (χ4n) is 5.67. The van der Waals surface area contributed by atoms with Crippen molar-refractivity contribution in [1.82, 2.24) is 4.90 Å². The lowest BCUT2D eigenvalue weighted by atomic mass is 9.97. The number of carboxylic acid groups (broad SMARTS) is 1. The van der Waals surface area contributed by atoms with Crippen molar-refractivity contribution in [3.8, 4) is 39.9 Å². The Bertz CT molecular complexity index is 1750. The molecule has 45 heavy (non-hydrogen) atoms. The van der Waals surface area contributed by atoms with Gasteiger partial charge in [-0.3, -0.25) is 4.90 Å². The molecule has 6 rings (SSSR count). The second-order valence-electron chi connectivity index (χ2n) is 11.1. The molecule has 1 N–H and O–H groups in total. The highest BCUT2D eigenvalue weighted by Crippen LogP contribution is 2.42. The van der Waals surface area contributed by atoms with Crippen LogP contribution in [-0.2, 0) is 6.61 Å². The maximum atomic E-state index is 12.3. The molecule has 1 heterocycles. The topological polar surface area (TPSA) is 77.5 Å². The molecule has 0 atom stereocenters. The number of fused-ring (bicyclic) bond motifs is 1. The number of aromatic carboxylic acids is 1. The lowest BCUT2D eigenvalue weighted by molar-refractivity contribution is 0.0691. The second kappa shape index (κ2) is 14.2. The summed E-state index contributed by atoms with van der Waals surface area (Å²) in [4.78, 5) is 14.8. The van der Waals surface area contributed by atoms with Gasteiger partial charge in [0.2, 0.25) is 0 Å². The summed E-state index contributed by atoms with van der Waals surface area (Å²) in [7, 11) is 1.64. The predicted molar refractivity (Wildman–Crippen MR) is 176 cm³/mol. The molecule has 230 valence electrons. The van der Waals surface area contributed by atoms with Crippen molar-refractivity contribution in [3.63, 3.8) is 0 Å². The number of piperidine rings is 1. The molecule has 1 aliphatic heterocycles. The van der Waals surface area contributed by atoms with Crippen molar-refractivity contribution in [2.24, 2.45) is 0 Å². The molecule has 0 unspecified atom stereocenters. The number of rotatable bonds is 12. The Hall–Kier alpha value is -5.01. The van der Waals surface area contributed by atoms with Crippen LogP contribution in [-0.4, -0.2) is 49.3 Å². The van der Waals surface area contributed by atoms with Gasteiger partial charge in [-0.15, -0.1) is 0 Å². The average Bonchev–Trinajstić information content (AvgIpc) is 3.09. The minimum atomic E-state index is -1.07. The summed E-state index contributed by atoms with van der Waals surface area (Å²) in [6.07, 6.45) is 3.84. The van der Waals surface area contributed by atoms with Crippen LogP contribution in [0, 0.1) is 0 Å². The van der Waals surface area contributed by atoms with Gasteiger partial charge in [0.1, 0.15) is 47.5 Å². The average molecular weight is 604 g/mol. The molecule has 0 spiro atoms. The first-order chi connectivity index (χ1) is 22.1. The first-order valence-corrected chi connectivity index (χ1v) is 15.4. The molecule has 0 bridgehead atoms. The smallest absolute Gasteiger partial charge is 0.339 e. The van der Waals surface area contributed by atoms with Crippen LogP contribution in [0.1, 0.15) is 35.2 Å². The molecule has 7 nitrogen and oxygen atoms in total. The van der Waals surface area contributed by atoms with Gasteiger partial charge >= 0.3 is 5.97 Å². The van der Waals surface area contributed by atoms with E-state index in [0.29, 0.717) is 29.4 Å². The number of hydrogen-bond acceptors (Lipinski definition) is 6. The molecule has 0 amide bonds. The Kier molecular flexibility index (Phi) is 9.47. The zero-order chi connectivity index (χ0) is 31.0. The number of ether oxygens (including phenoxy) is 4. The Morgan fingerprint density at radius 2 is 1.53 bits per heavy atom. The molecule has 5 aromatic carbocycles. The van der Waals surface area contributed by atoms with E-state index in [0.717, 1.165) is 53.0 Å². The fraction of sp³-hybridized carbons (Fsp3) is 0.237. The van der Waals surface area contributed by atoms with Crippen molar-refractivity contribution in [2.45, 2.75) is 25.9 Å². The normalized spacial score (nSPS) is 13.4. The number of carboxylic acids is 1. The van der Waals surface area contributed by atoms with Crippen molar-refractivity contribution >= 4 is 16.7 Å². The molecule has 5 aromatic rings. The van der Waals surface area contributed by atoms with E-state index in [9.17, 15) is 9.90 Å². The third kappa shape index (κ3) is 7.39. The van der Waals surface area contributed by atoms with Gasteiger partial charge in [-0.25, -0.2) is 4.79 Å². The van der Waals surface area contributed by atoms with Crippen LogP contribution in [0.3, 0.4) is 0 Å². The Morgan fingerprint density at radius 3 is 2.29 bits per heavy atom. The third-order valence-electron chi connectivity index (χ3n) is 8.10. The summed E-state index contributed by atoms with van der Waals surface area (Å²) in [5.74, 6) is 2.02. The van der Waals surface area contributed by atoms with E-state index in [2.05, 4.69) is 4.90 Å². The Labute approximate surface area is 263 Å². The first-order valence-electron chi connectivity index (χ1n) is 15.4. The van der Waals surface area contributed by atoms with Crippen LogP contribution in [0.25, 0.3) is 21.9 Å². The molecule has 1 fully saturated rings. The van der Waals surface area contributed by atoms with Crippen LogP contribution in [0.2, 0.25) is 0 Å². The molecule has 0 saturated carbocycles. The van der Waals surface area contributed by atoms with E-state index in [-0.39, 0.29) is 12.2 Å². The maximum absolute atomic E-state index is 12.3.